The van der Waals surface area contributed by atoms with Crippen LogP contribution >= 0.6 is 0 Å². The molecule has 1 aromatic carbocycles. The van der Waals surface area contributed by atoms with E-state index in [0.29, 0.717) is 23.2 Å². The molecule has 0 bridgehead atoms. The lowest BCUT2D eigenvalue weighted by atomic mass is 9.99. The molecule has 4 rings (SSSR count). The van der Waals surface area contributed by atoms with E-state index < -0.39 is 0 Å². The summed E-state index contributed by atoms with van der Waals surface area (Å²) in [6.45, 7) is 4.29. The minimum atomic E-state index is -0.374. The summed E-state index contributed by atoms with van der Waals surface area (Å²) in [4.78, 5) is 34.7. The largest absolute Gasteiger partial charge is 0.339 e. The van der Waals surface area contributed by atoms with Crippen molar-refractivity contribution in [2.45, 2.75) is 20.4 Å². The molecule has 3 heterocycles. The van der Waals surface area contributed by atoms with Crippen LogP contribution in [0.5, 0.6) is 0 Å². The third-order valence-electron chi connectivity index (χ3n) is 5.01. The molecule has 0 amide bonds. The Balaban J connectivity index is 1.88. The molecule has 0 saturated heterocycles. The van der Waals surface area contributed by atoms with Gasteiger partial charge in [0, 0.05) is 18.0 Å². The molecule has 5 nitrogen and oxygen atoms in total. The smallest absolute Gasteiger partial charge is 0.218 e. The first-order chi connectivity index (χ1) is 13.9. The number of rotatable bonds is 4. The topological polar surface area (TPSA) is 64.8 Å². The summed E-state index contributed by atoms with van der Waals surface area (Å²) in [6, 6.07) is 14.4. The van der Waals surface area contributed by atoms with Crippen LogP contribution in [-0.2, 0) is 6.54 Å². The lowest BCUT2D eigenvalue weighted by Gasteiger charge is -2.13. The highest BCUT2D eigenvalue weighted by atomic mass is 16.1. The average molecular weight is 379 g/mol. The maximum atomic E-state index is 13.2. The molecule has 140 valence electrons. The Bertz CT molecular complexity index is 1310. The predicted molar refractivity (Wildman–Crippen MR) is 114 cm³/mol. The summed E-state index contributed by atoms with van der Waals surface area (Å²) in [6.07, 6.45) is 3.14. The Hall–Kier alpha value is -3.54. The summed E-state index contributed by atoms with van der Waals surface area (Å²) < 4.78 is 1.82. The van der Waals surface area contributed by atoms with Gasteiger partial charge in [-0.1, -0.05) is 24.3 Å². The molecule has 0 unspecified atom stereocenters. The number of aromatic nitrogens is 3. The molecular weight excluding hydrogens is 361 g/mol. The zero-order chi connectivity index (χ0) is 20.5. The van der Waals surface area contributed by atoms with Crippen LogP contribution in [0.3, 0.4) is 0 Å². The standard InChI is InChI=1S/C23H18BN3O2/c1-14-8-9-16(11-15(14)2)22(28)18-13-27(12-17-5-3-7-20(24)26-17)19-6-4-10-25-21(19)23(18)29/h3-11,13H,12H2,1-2H3. The van der Waals surface area contributed by atoms with Crippen molar-refractivity contribution in [1.29, 1.82) is 0 Å². The van der Waals surface area contributed by atoms with Crippen molar-refractivity contribution in [2.75, 3.05) is 0 Å². The normalized spacial score (nSPS) is 11.0. The number of fused-ring (bicyclic) bond motifs is 1. The molecule has 2 radical (unpaired) electrons. The number of nitrogens with zero attached hydrogens (tertiary/aromatic N) is 3. The van der Waals surface area contributed by atoms with Crippen LogP contribution in [0.1, 0.15) is 32.7 Å². The molecule has 0 atom stereocenters. The highest BCUT2D eigenvalue weighted by Gasteiger charge is 2.18. The van der Waals surface area contributed by atoms with E-state index in [1.807, 2.05) is 42.7 Å². The van der Waals surface area contributed by atoms with Gasteiger partial charge in [0.1, 0.15) is 13.4 Å². The molecule has 0 spiro atoms. The lowest BCUT2D eigenvalue weighted by molar-refractivity contribution is 0.103. The van der Waals surface area contributed by atoms with Crippen LogP contribution in [0, 0.1) is 13.8 Å². The van der Waals surface area contributed by atoms with E-state index in [2.05, 4.69) is 9.97 Å². The van der Waals surface area contributed by atoms with E-state index in [1.165, 1.54) is 0 Å². The Morgan fingerprint density at radius 3 is 2.66 bits per heavy atom. The van der Waals surface area contributed by atoms with Crippen molar-refractivity contribution in [3.05, 3.63) is 99.1 Å². The molecular formula is C23H18BN3O2. The van der Waals surface area contributed by atoms with E-state index in [0.717, 1.165) is 16.8 Å². The quantitative estimate of drug-likeness (QED) is 0.404. The van der Waals surface area contributed by atoms with Crippen LogP contribution < -0.4 is 11.0 Å². The van der Waals surface area contributed by atoms with Crippen molar-refractivity contribution < 1.29 is 4.79 Å². The fourth-order valence-electron chi connectivity index (χ4n) is 3.31. The number of carbonyl (C=O) groups is 1. The molecule has 0 aliphatic rings. The van der Waals surface area contributed by atoms with Gasteiger partial charge in [-0.15, -0.1) is 0 Å². The van der Waals surface area contributed by atoms with Crippen LogP contribution in [-0.4, -0.2) is 28.2 Å². The van der Waals surface area contributed by atoms with E-state index in [4.69, 9.17) is 7.85 Å². The fourth-order valence-corrected chi connectivity index (χ4v) is 3.31. The minimum absolute atomic E-state index is 0.0864. The van der Waals surface area contributed by atoms with Gasteiger partial charge in [-0.2, -0.15) is 0 Å². The van der Waals surface area contributed by atoms with Gasteiger partial charge in [-0.3, -0.25) is 19.6 Å². The summed E-state index contributed by atoms with van der Waals surface area (Å²) in [5.41, 5.74) is 4.31. The highest BCUT2D eigenvalue weighted by Crippen LogP contribution is 2.16. The molecule has 4 aromatic rings. The predicted octanol–water partition coefficient (Wildman–Crippen LogP) is 2.48. The number of carbonyl (C=O) groups excluding carboxylic acids is 1. The molecule has 29 heavy (non-hydrogen) atoms. The van der Waals surface area contributed by atoms with Crippen molar-refractivity contribution in [1.82, 2.24) is 14.5 Å². The maximum absolute atomic E-state index is 13.2. The van der Waals surface area contributed by atoms with Gasteiger partial charge >= 0.3 is 0 Å². The Kier molecular flexibility index (Phi) is 4.85. The lowest BCUT2D eigenvalue weighted by Crippen LogP contribution is -2.21. The average Bonchev–Trinajstić information content (AvgIpc) is 2.72. The third-order valence-corrected chi connectivity index (χ3v) is 5.01. The van der Waals surface area contributed by atoms with Gasteiger partial charge in [0.25, 0.3) is 0 Å². The Morgan fingerprint density at radius 1 is 1.07 bits per heavy atom. The molecule has 0 aliphatic carbocycles. The molecule has 0 N–H and O–H groups in total. The van der Waals surface area contributed by atoms with Crippen LogP contribution in [0.25, 0.3) is 11.0 Å². The number of ketones is 1. The van der Waals surface area contributed by atoms with E-state index in [1.54, 1.807) is 36.7 Å². The first kappa shape index (κ1) is 18.8. The zero-order valence-corrected chi connectivity index (χ0v) is 16.2. The fraction of sp³-hybridized carbons (Fsp3) is 0.130. The van der Waals surface area contributed by atoms with Crippen LogP contribution in [0.15, 0.2) is 65.7 Å². The first-order valence-electron chi connectivity index (χ1n) is 9.25. The number of hydrogen-bond donors (Lipinski definition) is 0. The van der Waals surface area contributed by atoms with Gasteiger partial charge < -0.3 is 4.57 Å². The van der Waals surface area contributed by atoms with E-state index in [9.17, 15) is 9.59 Å². The molecule has 0 aliphatic heterocycles. The number of aryl methyl sites for hydroxylation is 2. The van der Waals surface area contributed by atoms with Crippen molar-refractivity contribution >= 4 is 30.3 Å². The maximum Gasteiger partial charge on any atom is 0.218 e. The van der Waals surface area contributed by atoms with Crippen molar-refractivity contribution in [3.8, 4) is 0 Å². The summed E-state index contributed by atoms with van der Waals surface area (Å²) in [5, 5.41) is 0. The van der Waals surface area contributed by atoms with Gasteiger partial charge in [0.15, 0.2) is 5.78 Å². The van der Waals surface area contributed by atoms with Crippen LogP contribution in [0.2, 0.25) is 0 Å². The monoisotopic (exact) mass is 379 g/mol. The highest BCUT2D eigenvalue weighted by molar-refractivity contribution is 6.30. The summed E-state index contributed by atoms with van der Waals surface area (Å²) >= 11 is 0. The Labute approximate surface area is 169 Å². The second-order valence-corrected chi connectivity index (χ2v) is 7.05. The van der Waals surface area contributed by atoms with E-state index >= 15 is 0 Å². The minimum Gasteiger partial charge on any atom is -0.339 e. The molecule has 3 aromatic heterocycles. The van der Waals surface area contributed by atoms with Gasteiger partial charge in [-0.25, -0.2) is 0 Å². The molecule has 6 heteroatoms. The molecule has 0 fully saturated rings. The van der Waals surface area contributed by atoms with Gasteiger partial charge in [0.05, 0.1) is 23.3 Å². The molecule has 0 saturated carbocycles. The van der Waals surface area contributed by atoms with E-state index in [-0.39, 0.29) is 22.3 Å². The number of hydrogen-bond acceptors (Lipinski definition) is 4. The summed E-state index contributed by atoms with van der Waals surface area (Å²) in [7, 11) is 5.79. The second kappa shape index (κ2) is 7.47. The van der Waals surface area contributed by atoms with Crippen LogP contribution in [0.4, 0.5) is 0 Å². The SMILES string of the molecule is [B]c1cccc(Cn2cc(C(=O)c3ccc(C)c(C)c3)c(=O)c3ncccc32)n1. The third kappa shape index (κ3) is 3.61. The Morgan fingerprint density at radius 2 is 1.90 bits per heavy atom. The van der Waals surface area contributed by atoms with Crippen molar-refractivity contribution in [3.63, 3.8) is 0 Å². The second-order valence-electron chi connectivity index (χ2n) is 7.05. The number of benzene rings is 1. The van der Waals surface area contributed by atoms with Gasteiger partial charge in [0.2, 0.25) is 5.43 Å². The zero-order valence-electron chi connectivity index (χ0n) is 16.2. The number of pyridine rings is 3. The summed E-state index contributed by atoms with van der Waals surface area (Å²) in [5.74, 6) is -0.320. The first-order valence-corrected chi connectivity index (χ1v) is 9.25. The van der Waals surface area contributed by atoms with Crippen molar-refractivity contribution in [2.24, 2.45) is 0 Å². The van der Waals surface area contributed by atoms with Gasteiger partial charge in [-0.05, 0) is 54.8 Å².